The zero-order valence-electron chi connectivity index (χ0n) is 9.68. The molecule has 1 atom stereocenters. The van der Waals surface area contributed by atoms with Crippen LogP contribution >= 0.6 is 11.6 Å². The van der Waals surface area contributed by atoms with Gasteiger partial charge in [-0.05, 0) is 48.7 Å². The highest BCUT2D eigenvalue weighted by atomic mass is 35.5. The summed E-state index contributed by atoms with van der Waals surface area (Å²) in [4.78, 5) is 3.92. The van der Waals surface area contributed by atoms with Crippen LogP contribution in [0.25, 0.3) is 0 Å². The Hall–Kier alpha value is -1.45. The van der Waals surface area contributed by atoms with Crippen LogP contribution < -0.4 is 0 Å². The van der Waals surface area contributed by atoms with Crippen LogP contribution in [0.4, 0.5) is 4.39 Å². The molecule has 0 spiro atoms. The summed E-state index contributed by atoms with van der Waals surface area (Å²) in [5.74, 6) is -0.391. The molecule has 18 heavy (non-hydrogen) atoms. The second-order valence-electron chi connectivity index (χ2n) is 4.08. The predicted molar refractivity (Wildman–Crippen MR) is 68.9 cm³/mol. The molecule has 0 aliphatic rings. The molecule has 0 aliphatic carbocycles. The maximum Gasteiger partial charge on any atom is 0.123 e. The van der Waals surface area contributed by atoms with Crippen LogP contribution in [-0.4, -0.2) is 10.1 Å². The molecule has 0 fully saturated rings. The molecular formula is C14H13ClFNO. The maximum absolute atomic E-state index is 13.1. The fourth-order valence-electron chi connectivity index (χ4n) is 1.78. The molecule has 1 heterocycles. The summed E-state index contributed by atoms with van der Waals surface area (Å²) in [6.45, 7) is 0. The van der Waals surface area contributed by atoms with Gasteiger partial charge in [-0.1, -0.05) is 11.6 Å². The Labute approximate surface area is 110 Å². The van der Waals surface area contributed by atoms with E-state index in [0.29, 0.717) is 23.4 Å². The summed E-state index contributed by atoms with van der Waals surface area (Å²) >= 11 is 5.94. The predicted octanol–water partition coefficient (Wildman–Crippen LogP) is 3.54. The highest BCUT2D eigenvalue weighted by Crippen LogP contribution is 2.26. The molecule has 1 unspecified atom stereocenters. The first-order chi connectivity index (χ1) is 8.66. The molecule has 0 saturated heterocycles. The molecule has 0 bridgehead atoms. The van der Waals surface area contributed by atoms with Gasteiger partial charge in [0.25, 0.3) is 0 Å². The molecule has 1 aromatic heterocycles. The number of benzene rings is 1. The van der Waals surface area contributed by atoms with Gasteiger partial charge in [0.2, 0.25) is 0 Å². The van der Waals surface area contributed by atoms with Crippen molar-refractivity contribution in [1.82, 2.24) is 4.98 Å². The number of aliphatic hydroxyl groups excluding tert-OH is 1. The highest BCUT2D eigenvalue weighted by Gasteiger charge is 2.12. The van der Waals surface area contributed by atoms with Gasteiger partial charge in [0, 0.05) is 23.0 Å². The van der Waals surface area contributed by atoms with E-state index in [9.17, 15) is 9.50 Å². The largest absolute Gasteiger partial charge is 0.388 e. The van der Waals surface area contributed by atoms with Crippen LogP contribution in [-0.2, 0) is 6.42 Å². The van der Waals surface area contributed by atoms with Crippen molar-refractivity contribution in [1.29, 1.82) is 0 Å². The van der Waals surface area contributed by atoms with Gasteiger partial charge in [-0.2, -0.15) is 0 Å². The van der Waals surface area contributed by atoms with Crippen molar-refractivity contribution in [2.75, 3.05) is 0 Å². The number of hydrogen-bond donors (Lipinski definition) is 1. The third-order valence-corrected chi connectivity index (χ3v) is 3.12. The van der Waals surface area contributed by atoms with E-state index in [1.165, 1.54) is 18.2 Å². The minimum absolute atomic E-state index is 0.388. The standard InChI is InChI=1S/C14H13ClFNO/c15-13-3-2-11(16)9-12(13)14(18)4-1-10-5-7-17-8-6-10/h2-3,5-9,14,18H,1,4H2. The number of pyridine rings is 1. The molecule has 94 valence electrons. The molecule has 2 nitrogen and oxygen atoms in total. The summed E-state index contributed by atoms with van der Waals surface area (Å²) in [6.07, 6.45) is 3.83. The summed E-state index contributed by atoms with van der Waals surface area (Å²) in [6, 6.07) is 7.79. The second kappa shape index (κ2) is 5.94. The van der Waals surface area contributed by atoms with Crippen LogP contribution in [0.1, 0.15) is 23.7 Å². The average Bonchev–Trinajstić information content (AvgIpc) is 2.40. The van der Waals surface area contributed by atoms with Gasteiger partial charge >= 0.3 is 0 Å². The van der Waals surface area contributed by atoms with Crippen molar-refractivity contribution in [2.45, 2.75) is 18.9 Å². The van der Waals surface area contributed by atoms with E-state index in [1.54, 1.807) is 12.4 Å². The van der Waals surface area contributed by atoms with Gasteiger partial charge in [0.05, 0.1) is 6.10 Å². The minimum Gasteiger partial charge on any atom is -0.388 e. The second-order valence-corrected chi connectivity index (χ2v) is 4.48. The topological polar surface area (TPSA) is 33.1 Å². The van der Waals surface area contributed by atoms with E-state index in [0.717, 1.165) is 5.56 Å². The summed E-state index contributed by atoms with van der Waals surface area (Å²) in [7, 11) is 0. The van der Waals surface area contributed by atoms with Crippen molar-refractivity contribution in [3.63, 3.8) is 0 Å². The fourth-order valence-corrected chi connectivity index (χ4v) is 2.02. The number of aryl methyl sites for hydroxylation is 1. The molecule has 0 aliphatic heterocycles. The van der Waals surface area contributed by atoms with Gasteiger partial charge in [0.1, 0.15) is 5.82 Å². The molecular weight excluding hydrogens is 253 g/mol. The van der Waals surface area contributed by atoms with Gasteiger partial charge in [-0.15, -0.1) is 0 Å². The third kappa shape index (κ3) is 3.28. The van der Waals surface area contributed by atoms with Gasteiger partial charge in [-0.25, -0.2) is 4.39 Å². The first kappa shape index (κ1) is 13.0. The molecule has 2 rings (SSSR count). The summed E-state index contributed by atoms with van der Waals surface area (Å²) < 4.78 is 13.1. The number of rotatable bonds is 4. The Bertz CT molecular complexity index is 518. The van der Waals surface area contributed by atoms with E-state index in [-0.39, 0.29) is 0 Å². The Morgan fingerprint density at radius 2 is 1.94 bits per heavy atom. The number of aliphatic hydroxyl groups is 1. The molecule has 1 aromatic carbocycles. The SMILES string of the molecule is OC(CCc1ccncc1)c1cc(F)ccc1Cl. The smallest absolute Gasteiger partial charge is 0.123 e. The first-order valence-electron chi connectivity index (χ1n) is 5.69. The summed E-state index contributed by atoms with van der Waals surface area (Å²) in [5.41, 5.74) is 1.52. The van der Waals surface area contributed by atoms with Gasteiger partial charge in [0.15, 0.2) is 0 Å². The first-order valence-corrected chi connectivity index (χ1v) is 6.06. The van der Waals surface area contributed by atoms with Gasteiger partial charge in [-0.3, -0.25) is 4.98 Å². The Morgan fingerprint density at radius 3 is 2.67 bits per heavy atom. The zero-order valence-corrected chi connectivity index (χ0v) is 10.4. The van der Waals surface area contributed by atoms with Crippen molar-refractivity contribution >= 4 is 11.6 Å². The van der Waals surface area contributed by atoms with E-state index >= 15 is 0 Å². The molecule has 4 heteroatoms. The lowest BCUT2D eigenvalue weighted by Crippen LogP contribution is -2.01. The van der Waals surface area contributed by atoms with Crippen molar-refractivity contribution in [3.8, 4) is 0 Å². The van der Waals surface area contributed by atoms with Crippen molar-refractivity contribution in [3.05, 3.63) is 64.7 Å². The Kier molecular flexibility index (Phi) is 4.28. The average molecular weight is 266 g/mol. The van der Waals surface area contributed by atoms with Crippen LogP contribution in [0.15, 0.2) is 42.7 Å². The third-order valence-electron chi connectivity index (χ3n) is 2.77. The number of hydrogen-bond acceptors (Lipinski definition) is 2. The van der Waals surface area contributed by atoms with Crippen molar-refractivity contribution in [2.24, 2.45) is 0 Å². The van der Waals surface area contributed by atoms with Gasteiger partial charge < -0.3 is 5.11 Å². The molecule has 0 radical (unpaired) electrons. The van der Waals surface area contributed by atoms with Crippen LogP contribution in [0, 0.1) is 5.82 Å². The molecule has 0 amide bonds. The minimum atomic E-state index is -0.763. The molecule has 1 N–H and O–H groups in total. The Balaban J connectivity index is 2.03. The lowest BCUT2D eigenvalue weighted by atomic mass is 10.0. The van der Waals surface area contributed by atoms with E-state index < -0.39 is 11.9 Å². The van der Waals surface area contributed by atoms with Crippen LogP contribution in [0.2, 0.25) is 5.02 Å². The van der Waals surface area contributed by atoms with Crippen LogP contribution in [0.3, 0.4) is 0 Å². The Morgan fingerprint density at radius 1 is 1.22 bits per heavy atom. The lowest BCUT2D eigenvalue weighted by Gasteiger charge is -2.12. The molecule has 0 saturated carbocycles. The number of nitrogens with zero attached hydrogens (tertiary/aromatic N) is 1. The fraction of sp³-hybridized carbons (Fsp3) is 0.214. The monoisotopic (exact) mass is 265 g/mol. The number of halogens is 2. The molecule has 2 aromatic rings. The van der Waals surface area contributed by atoms with E-state index in [4.69, 9.17) is 11.6 Å². The maximum atomic E-state index is 13.1. The summed E-state index contributed by atoms with van der Waals surface area (Å²) in [5, 5.41) is 10.4. The quantitative estimate of drug-likeness (QED) is 0.917. The zero-order chi connectivity index (χ0) is 13.0. The normalized spacial score (nSPS) is 12.4. The van der Waals surface area contributed by atoms with E-state index in [2.05, 4.69) is 4.98 Å². The van der Waals surface area contributed by atoms with Crippen LogP contribution in [0.5, 0.6) is 0 Å². The number of aromatic nitrogens is 1. The highest BCUT2D eigenvalue weighted by molar-refractivity contribution is 6.31. The van der Waals surface area contributed by atoms with E-state index in [1.807, 2.05) is 12.1 Å². The lowest BCUT2D eigenvalue weighted by molar-refractivity contribution is 0.167. The van der Waals surface area contributed by atoms with Crippen molar-refractivity contribution < 1.29 is 9.50 Å².